The van der Waals surface area contributed by atoms with Crippen molar-refractivity contribution in [2.24, 2.45) is 0 Å². The van der Waals surface area contributed by atoms with Gasteiger partial charge in [0.1, 0.15) is 11.6 Å². The first kappa shape index (κ1) is 21.3. The van der Waals surface area contributed by atoms with Crippen LogP contribution in [0.2, 0.25) is 5.02 Å². The number of carbonyl (C=O) groups is 1. The second-order valence-electron chi connectivity index (χ2n) is 7.72. The molecule has 0 bridgehead atoms. The van der Waals surface area contributed by atoms with Gasteiger partial charge in [0.15, 0.2) is 0 Å². The van der Waals surface area contributed by atoms with Gasteiger partial charge in [0.2, 0.25) is 0 Å². The second kappa shape index (κ2) is 9.50. The fourth-order valence-electron chi connectivity index (χ4n) is 3.96. The van der Waals surface area contributed by atoms with Gasteiger partial charge in [0, 0.05) is 31.2 Å². The summed E-state index contributed by atoms with van der Waals surface area (Å²) in [4.78, 5) is 14.8. The van der Waals surface area contributed by atoms with E-state index in [0.717, 1.165) is 42.7 Å². The lowest BCUT2D eigenvalue weighted by Gasteiger charge is -2.17. The van der Waals surface area contributed by atoms with Crippen LogP contribution in [-0.4, -0.2) is 37.0 Å². The Hall–Kier alpha value is -2.89. The Balaban J connectivity index is 1.36. The highest BCUT2D eigenvalue weighted by Crippen LogP contribution is 2.31. The third-order valence-electron chi connectivity index (χ3n) is 5.56. The van der Waals surface area contributed by atoms with Crippen LogP contribution in [0.25, 0.3) is 11.1 Å². The molecule has 1 unspecified atom stereocenters. The van der Waals surface area contributed by atoms with E-state index in [2.05, 4.69) is 22.3 Å². The van der Waals surface area contributed by atoms with Crippen molar-refractivity contribution < 1.29 is 13.9 Å². The topological polar surface area (TPSA) is 41.6 Å². The van der Waals surface area contributed by atoms with E-state index in [1.165, 1.54) is 12.1 Å². The van der Waals surface area contributed by atoms with Gasteiger partial charge in [0.05, 0.1) is 17.7 Å². The number of methoxy groups -OCH3 is 1. The van der Waals surface area contributed by atoms with Gasteiger partial charge in [-0.1, -0.05) is 48.0 Å². The number of nitrogens with zero attached hydrogens (tertiary/aromatic N) is 1. The quantitative estimate of drug-likeness (QED) is 0.578. The van der Waals surface area contributed by atoms with E-state index in [1.54, 1.807) is 25.3 Å². The molecule has 3 aromatic rings. The molecule has 1 aliphatic heterocycles. The molecule has 1 N–H and O–H groups in total. The minimum Gasteiger partial charge on any atom is -0.496 e. The smallest absolute Gasteiger partial charge is 0.253 e. The summed E-state index contributed by atoms with van der Waals surface area (Å²) >= 11 is 6.13. The average Bonchev–Trinajstić information content (AvgIpc) is 3.21. The van der Waals surface area contributed by atoms with E-state index in [0.29, 0.717) is 16.3 Å². The molecular formula is C25H24ClFN2O2. The summed E-state index contributed by atoms with van der Waals surface area (Å²) in [6.07, 6.45) is 0.898. The average molecular weight is 439 g/mol. The van der Waals surface area contributed by atoms with Crippen LogP contribution in [0.1, 0.15) is 22.3 Å². The summed E-state index contributed by atoms with van der Waals surface area (Å²) < 4.78 is 19.0. The fraction of sp³-hybridized carbons (Fsp3) is 0.240. The maximum absolute atomic E-state index is 13.7. The third kappa shape index (κ3) is 5.06. The van der Waals surface area contributed by atoms with Crippen LogP contribution in [0.15, 0.2) is 66.7 Å². The summed E-state index contributed by atoms with van der Waals surface area (Å²) in [5.41, 5.74) is 3.31. The maximum Gasteiger partial charge on any atom is 0.253 e. The van der Waals surface area contributed by atoms with Crippen LogP contribution in [0.5, 0.6) is 5.75 Å². The van der Waals surface area contributed by atoms with E-state index in [4.69, 9.17) is 16.3 Å². The maximum atomic E-state index is 13.7. The zero-order valence-corrected chi connectivity index (χ0v) is 18.0. The van der Waals surface area contributed by atoms with E-state index in [1.807, 2.05) is 24.3 Å². The molecule has 3 aromatic carbocycles. The molecule has 0 spiro atoms. The van der Waals surface area contributed by atoms with Gasteiger partial charge in [-0.2, -0.15) is 0 Å². The summed E-state index contributed by atoms with van der Waals surface area (Å²) in [5.74, 6) is 0.221. The summed E-state index contributed by atoms with van der Waals surface area (Å²) in [5, 5.41) is 3.55. The first-order valence-electron chi connectivity index (χ1n) is 10.2. The van der Waals surface area contributed by atoms with Crippen LogP contribution >= 0.6 is 11.6 Å². The number of hydrogen-bond donors (Lipinski definition) is 1. The monoisotopic (exact) mass is 438 g/mol. The molecule has 1 aliphatic rings. The zero-order chi connectivity index (χ0) is 21.8. The molecule has 1 amide bonds. The molecule has 0 radical (unpaired) electrons. The minimum atomic E-state index is -0.290. The van der Waals surface area contributed by atoms with E-state index >= 15 is 0 Å². The van der Waals surface area contributed by atoms with Crippen LogP contribution in [0.3, 0.4) is 0 Å². The van der Waals surface area contributed by atoms with Gasteiger partial charge >= 0.3 is 0 Å². The Morgan fingerprint density at radius 1 is 1.16 bits per heavy atom. The van der Waals surface area contributed by atoms with Crippen molar-refractivity contribution in [3.8, 4) is 16.9 Å². The summed E-state index contributed by atoms with van der Waals surface area (Å²) in [6, 6.07) is 19.8. The molecule has 6 heteroatoms. The molecular weight excluding hydrogens is 415 g/mol. The normalized spacial score (nSPS) is 16.3. The highest BCUT2D eigenvalue weighted by atomic mass is 35.5. The standard InChI is InChI=1S/C25H24ClFN2O2/c1-31-24-11-10-19(27)14-22(24)18-8-6-17(7-9-18)15-29-13-12-20(16-29)28-25(30)21-4-2-3-5-23(21)26/h2-11,14,20H,12-13,15-16H2,1H3,(H,28,30). The lowest BCUT2D eigenvalue weighted by Crippen LogP contribution is -2.37. The number of nitrogens with one attached hydrogen (secondary N) is 1. The zero-order valence-electron chi connectivity index (χ0n) is 17.3. The van der Waals surface area contributed by atoms with Gasteiger partial charge in [0.25, 0.3) is 5.91 Å². The van der Waals surface area contributed by atoms with Crippen molar-refractivity contribution in [3.63, 3.8) is 0 Å². The first-order valence-corrected chi connectivity index (χ1v) is 10.6. The van der Waals surface area contributed by atoms with Crippen LogP contribution in [-0.2, 0) is 6.54 Å². The van der Waals surface area contributed by atoms with Gasteiger partial charge in [-0.15, -0.1) is 0 Å². The number of rotatable bonds is 6. The van der Waals surface area contributed by atoms with Crippen molar-refractivity contribution >= 4 is 17.5 Å². The predicted octanol–water partition coefficient (Wildman–Crippen LogP) is 5.16. The Labute approximate surface area is 186 Å². The Bertz CT molecular complexity index is 1070. The van der Waals surface area contributed by atoms with E-state index < -0.39 is 0 Å². The van der Waals surface area contributed by atoms with Crippen molar-refractivity contribution in [2.45, 2.75) is 19.0 Å². The number of hydrogen-bond acceptors (Lipinski definition) is 3. The van der Waals surface area contributed by atoms with Gasteiger partial charge in [-0.05, 0) is 47.9 Å². The third-order valence-corrected chi connectivity index (χ3v) is 5.89. The van der Waals surface area contributed by atoms with Gasteiger partial charge in [-0.3, -0.25) is 9.69 Å². The van der Waals surface area contributed by atoms with Crippen molar-refractivity contribution in [1.29, 1.82) is 0 Å². The molecule has 1 saturated heterocycles. The fourth-order valence-corrected chi connectivity index (χ4v) is 4.18. The number of amides is 1. The lowest BCUT2D eigenvalue weighted by molar-refractivity contribution is 0.0938. The Kier molecular flexibility index (Phi) is 6.54. The largest absolute Gasteiger partial charge is 0.496 e. The second-order valence-corrected chi connectivity index (χ2v) is 8.12. The molecule has 0 aromatic heterocycles. The lowest BCUT2D eigenvalue weighted by atomic mass is 10.0. The van der Waals surface area contributed by atoms with Gasteiger partial charge in [-0.25, -0.2) is 4.39 Å². The SMILES string of the molecule is COc1ccc(F)cc1-c1ccc(CN2CCC(NC(=O)c3ccccc3Cl)C2)cc1. The van der Waals surface area contributed by atoms with Crippen molar-refractivity contribution in [1.82, 2.24) is 10.2 Å². The van der Waals surface area contributed by atoms with Crippen LogP contribution < -0.4 is 10.1 Å². The summed E-state index contributed by atoms with van der Waals surface area (Å²) in [6.45, 7) is 2.49. The molecule has 0 saturated carbocycles. The first-order chi connectivity index (χ1) is 15.0. The number of likely N-dealkylation sites (tertiary alicyclic amines) is 1. The predicted molar refractivity (Wildman–Crippen MR) is 121 cm³/mol. The molecule has 1 atom stereocenters. The highest BCUT2D eigenvalue weighted by Gasteiger charge is 2.24. The van der Waals surface area contributed by atoms with Crippen LogP contribution in [0, 0.1) is 5.82 Å². The minimum absolute atomic E-state index is 0.0969. The number of benzene rings is 3. The van der Waals surface area contributed by atoms with Crippen molar-refractivity contribution in [3.05, 3.63) is 88.7 Å². The molecule has 160 valence electrons. The van der Waals surface area contributed by atoms with Gasteiger partial charge < -0.3 is 10.1 Å². The molecule has 31 heavy (non-hydrogen) atoms. The highest BCUT2D eigenvalue weighted by molar-refractivity contribution is 6.33. The van der Waals surface area contributed by atoms with E-state index in [9.17, 15) is 9.18 Å². The van der Waals surface area contributed by atoms with Crippen LogP contribution in [0.4, 0.5) is 4.39 Å². The molecule has 1 fully saturated rings. The molecule has 4 rings (SSSR count). The molecule has 0 aliphatic carbocycles. The Morgan fingerprint density at radius 2 is 1.94 bits per heavy atom. The number of ether oxygens (including phenoxy) is 1. The Morgan fingerprint density at radius 3 is 2.68 bits per heavy atom. The number of carbonyl (C=O) groups excluding carboxylic acids is 1. The summed E-state index contributed by atoms with van der Waals surface area (Å²) in [7, 11) is 1.58. The van der Waals surface area contributed by atoms with E-state index in [-0.39, 0.29) is 17.8 Å². The molecule has 4 nitrogen and oxygen atoms in total. The molecule has 1 heterocycles. The van der Waals surface area contributed by atoms with Crippen molar-refractivity contribution in [2.75, 3.05) is 20.2 Å². The number of halogens is 2.